The molecule has 0 unspecified atom stereocenters. The Morgan fingerprint density at radius 2 is 0.417 bits per heavy atom. The molecule has 0 aliphatic heterocycles. The number of rotatable bonds is 6. The van der Waals surface area contributed by atoms with Gasteiger partial charge in [0.25, 0.3) is 0 Å². The van der Waals surface area contributed by atoms with Crippen molar-refractivity contribution in [2.24, 2.45) is 0 Å². The predicted octanol–water partition coefficient (Wildman–Crippen LogP) is 4.43. The van der Waals surface area contributed by atoms with Crippen molar-refractivity contribution in [3.63, 3.8) is 0 Å². The second-order valence-corrected chi connectivity index (χ2v) is 9.79. The molecule has 0 radical (unpaired) electrons. The normalized spacial score (nSPS) is 11.5. The summed E-state index contributed by atoms with van der Waals surface area (Å²) in [6.45, 7) is 0. The highest BCUT2D eigenvalue weighted by Crippen LogP contribution is 2.39. The van der Waals surface area contributed by atoms with E-state index in [9.17, 15) is 60.7 Å². The van der Waals surface area contributed by atoms with E-state index in [0.717, 1.165) is 36.4 Å². The molecule has 24 nitrogen and oxygen atoms in total. The fourth-order valence-electron chi connectivity index (χ4n) is 5.11. The van der Waals surface area contributed by atoms with Crippen LogP contribution in [0.25, 0.3) is 66.2 Å². The number of hydrogen-bond donors (Lipinski definition) is 0. The van der Waals surface area contributed by atoms with Crippen LogP contribution in [0.2, 0.25) is 0 Å². The van der Waals surface area contributed by atoms with Gasteiger partial charge in [-0.15, -0.1) is 0 Å². The molecule has 7 rings (SSSR count). The molecule has 0 aliphatic carbocycles. The Bertz CT molecular complexity index is 2260. The third-order valence-corrected chi connectivity index (χ3v) is 7.13. The summed E-state index contributed by atoms with van der Waals surface area (Å²) in [4.78, 5) is 89.9. The van der Waals surface area contributed by atoms with E-state index < -0.39 is 63.7 Å². The first-order chi connectivity index (χ1) is 22.7. The number of nitrogens with zero attached hydrogens (tertiary/aromatic N) is 12. The van der Waals surface area contributed by atoms with Crippen molar-refractivity contribution in [3.05, 3.63) is 97.1 Å². The number of nitro groups is 6. The van der Waals surface area contributed by atoms with Crippen molar-refractivity contribution in [2.45, 2.75) is 0 Å². The molecule has 0 N–H and O–H groups in total. The largest absolute Gasteiger partial charge is 0.348 e. The van der Waals surface area contributed by atoms with Crippen molar-refractivity contribution in [2.75, 3.05) is 0 Å². The van der Waals surface area contributed by atoms with E-state index in [1.807, 2.05) is 0 Å². The molecule has 0 saturated carbocycles. The maximum absolute atomic E-state index is 11.6. The van der Waals surface area contributed by atoms with Crippen LogP contribution in [-0.2, 0) is 0 Å². The average Bonchev–Trinajstić information content (AvgIpc) is 3.03. The topological polar surface area (TPSA) is 336 Å². The Morgan fingerprint density at radius 3 is 0.521 bits per heavy atom. The van der Waals surface area contributed by atoms with Crippen LogP contribution in [-0.4, -0.2) is 59.4 Å². The van der Waals surface area contributed by atoms with Crippen molar-refractivity contribution < 1.29 is 29.5 Å². The van der Waals surface area contributed by atoms with Gasteiger partial charge in [0.05, 0.1) is 99.0 Å². The molecule has 0 atom stereocenters. The number of nitro benzene ring substituents is 6. The summed E-state index contributed by atoms with van der Waals surface area (Å²) in [7, 11) is 0. The summed E-state index contributed by atoms with van der Waals surface area (Å²) < 4.78 is 0. The lowest BCUT2D eigenvalue weighted by molar-refractivity contribution is -0.422. The van der Waals surface area contributed by atoms with Gasteiger partial charge in [0.1, 0.15) is 33.1 Å². The highest BCUT2D eigenvalue weighted by Gasteiger charge is 2.30. The number of aromatic nitrogens is 6. The summed E-state index contributed by atoms with van der Waals surface area (Å²) in [6.07, 6.45) is 0. The lowest BCUT2D eigenvalue weighted by Crippen LogP contribution is -2.02. The van der Waals surface area contributed by atoms with Gasteiger partial charge in [0, 0.05) is 0 Å². The minimum absolute atomic E-state index is 0.214. The molecule has 0 saturated heterocycles. The average molecular weight is 654 g/mol. The van der Waals surface area contributed by atoms with Gasteiger partial charge in [-0.2, -0.15) is 0 Å². The highest BCUT2D eigenvalue weighted by atomic mass is 16.7. The lowest BCUT2D eigenvalue weighted by atomic mass is 10.1. The SMILES string of the molecule is O=[N+]([O-])c1cc2nc3c4nc5cc([N+](=O)[O-])c([N+](=O)[O-])cc5nc4c4nc5cc([N+](=O)[O-])c([N+](=O)[O-])cc5nc4c3nc2cc1[N+](=O)[O-]. The van der Waals surface area contributed by atoms with E-state index in [1.54, 1.807) is 0 Å². The second kappa shape index (κ2) is 9.79. The van der Waals surface area contributed by atoms with Crippen LogP contribution in [0.4, 0.5) is 34.1 Å². The number of benzene rings is 4. The van der Waals surface area contributed by atoms with Crippen molar-refractivity contribution >= 4 is 100 Å². The first-order valence-electron chi connectivity index (χ1n) is 12.7. The van der Waals surface area contributed by atoms with E-state index in [-0.39, 0.29) is 66.2 Å². The number of hydrogen-bond acceptors (Lipinski definition) is 18. The minimum Gasteiger partial charge on any atom is -0.258 e. The van der Waals surface area contributed by atoms with E-state index in [2.05, 4.69) is 29.9 Å². The fraction of sp³-hybridized carbons (Fsp3) is 0. The van der Waals surface area contributed by atoms with Gasteiger partial charge in [-0.25, -0.2) is 29.9 Å². The summed E-state index contributed by atoms with van der Waals surface area (Å²) in [5.41, 5.74) is -8.27. The quantitative estimate of drug-likeness (QED) is 0.103. The van der Waals surface area contributed by atoms with Gasteiger partial charge < -0.3 is 0 Å². The fourth-order valence-corrected chi connectivity index (χ4v) is 5.11. The molecule has 24 heteroatoms. The van der Waals surface area contributed by atoms with Crippen molar-refractivity contribution in [1.82, 2.24) is 29.9 Å². The first kappa shape index (κ1) is 28.8. The molecular formula is C24H6N12O12. The monoisotopic (exact) mass is 654 g/mol. The van der Waals surface area contributed by atoms with Gasteiger partial charge in [0.15, 0.2) is 0 Å². The zero-order valence-electron chi connectivity index (χ0n) is 22.7. The summed E-state index contributed by atoms with van der Waals surface area (Å²) >= 11 is 0. The molecule has 3 aromatic heterocycles. The molecule has 48 heavy (non-hydrogen) atoms. The Morgan fingerprint density at radius 1 is 0.292 bits per heavy atom. The van der Waals surface area contributed by atoms with Crippen LogP contribution in [0.15, 0.2) is 36.4 Å². The molecule has 3 heterocycles. The lowest BCUT2D eigenvalue weighted by Gasteiger charge is -2.10. The van der Waals surface area contributed by atoms with E-state index in [1.165, 1.54) is 0 Å². The van der Waals surface area contributed by atoms with Crippen LogP contribution in [0.3, 0.4) is 0 Å². The highest BCUT2D eigenvalue weighted by molar-refractivity contribution is 6.21. The molecular weight excluding hydrogens is 648 g/mol. The zero-order valence-corrected chi connectivity index (χ0v) is 22.7. The Balaban J connectivity index is 1.72. The Labute approximate surface area is 257 Å². The van der Waals surface area contributed by atoms with Crippen LogP contribution in [0.5, 0.6) is 0 Å². The first-order valence-corrected chi connectivity index (χ1v) is 12.7. The van der Waals surface area contributed by atoms with Gasteiger partial charge in [-0.05, 0) is 0 Å². The maximum Gasteiger partial charge on any atom is 0.348 e. The van der Waals surface area contributed by atoms with E-state index in [0.29, 0.717) is 0 Å². The van der Waals surface area contributed by atoms with Gasteiger partial charge in [-0.3, -0.25) is 60.7 Å². The van der Waals surface area contributed by atoms with Crippen molar-refractivity contribution in [3.8, 4) is 0 Å². The van der Waals surface area contributed by atoms with E-state index >= 15 is 0 Å². The standard InChI is InChI=1S/C24H6N12O12/c37-31(38)13-1-7-8(2-14(13)32(39)40)26-20-19(25-7)21-23(29-10-4-16(34(43)44)15(33(41)42)3-9(10)27-21)24-22(20)28-11-5-17(35(45)46)18(36(47)48)6-12(11)30-24/h1-6H. The van der Waals surface area contributed by atoms with Gasteiger partial charge >= 0.3 is 34.1 Å². The summed E-state index contributed by atoms with van der Waals surface area (Å²) in [6, 6.07) is 4.71. The molecule has 4 aromatic carbocycles. The van der Waals surface area contributed by atoms with Crippen LogP contribution >= 0.6 is 0 Å². The zero-order chi connectivity index (χ0) is 34.3. The molecule has 0 spiro atoms. The molecule has 0 fully saturated rings. The third-order valence-electron chi connectivity index (χ3n) is 7.13. The minimum atomic E-state index is -1.01. The molecule has 0 aliphatic rings. The molecule has 0 amide bonds. The van der Waals surface area contributed by atoms with Crippen LogP contribution < -0.4 is 0 Å². The van der Waals surface area contributed by atoms with Crippen molar-refractivity contribution in [1.29, 1.82) is 0 Å². The van der Waals surface area contributed by atoms with Crippen LogP contribution in [0, 0.1) is 60.7 Å². The molecule has 7 aromatic rings. The summed E-state index contributed by atoms with van der Waals surface area (Å²) in [5, 5.41) is 69.7. The molecule has 0 bridgehead atoms. The summed E-state index contributed by atoms with van der Waals surface area (Å²) in [5.74, 6) is 0. The Hall–Kier alpha value is -7.92. The van der Waals surface area contributed by atoms with Gasteiger partial charge in [-0.1, -0.05) is 0 Å². The smallest absolute Gasteiger partial charge is 0.258 e. The molecule has 234 valence electrons. The second-order valence-electron chi connectivity index (χ2n) is 9.79. The maximum atomic E-state index is 11.6. The third kappa shape index (κ3) is 4.17. The van der Waals surface area contributed by atoms with Gasteiger partial charge in [0.2, 0.25) is 0 Å². The number of fused-ring (bicyclic) bond motifs is 9. The predicted molar refractivity (Wildman–Crippen MR) is 158 cm³/mol. The van der Waals surface area contributed by atoms with E-state index in [4.69, 9.17) is 0 Å². The van der Waals surface area contributed by atoms with Crippen LogP contribution in [0.1, 0.15) is 0 Å². The Kier molecular flexibility index (Phi) is 5.88.